The maximum atomic E-state index is 12.5. The molecule has 0 unspecified atom stereocenters. The van der Waals surface area contributed by atoms with Gasteiger partial charge in [0.15, 0.2) is 10.8 Å². The summed E-state index contributed by atoms with van der Waals surface area (Å²) in [7, 11) is 0. The average molecular weight is 331 g/mol. The first-order valence-corrected chi connectivity index (χ1v) is 8.77. The maximum Gasteiger partial charge on any atom is 0.263 e. The number of thiazole rings is 1. The first-order chi connectivity index (χ1) is 11.2. The number of hydrogen-bond donors (Lipinski definition) is 1. The van der Waals surface area contributed by atoms with Crippen LogP contribution >= 0.6 is 11.3 Å². The standard InChI is InChI=1S/C16H21N5OS/c1-3-21-9-4-6-12(21)10-19-15(22)13-11(2)20-16(23-13)14-17-7-5-8-18-14/h5,7-8,12H,3-4,6,9-10H2,1-2H3,(H,19,22)/t12-/m1/s1. The summed E-state index contributed by atoms with van der Waals surface area (Å²) >= 11 is 1.35. The van der Waals surface area contributed by atoms with E-state index in [0.29, 0.717) is 28.3 Å². The second-order valence-corrected chi connectivity index (χ2v) is 6.64. The zero-order valence-corrected chi connectivity index (χ0v) is 14.3. The largest absolute Gasteiger partial charge is 0.350 e. The van der Waals surface area contributed by atoms with Crippen molar-refractivity contribution in [1.29, 1.82) is 0 Å². The number of carbonyl (C=O) groups is 1. The van der Waals surface area contributed by atoms with Crippen molar-refractivity contribution >= 4 is 17.2 Å². The Morgan fingerprint density at radius 3 is 2.96 bits per heavy atom. The van der Waals surface area contributed by atoms with E-state index in [-0.39, 0.29) is 5.91 Å². The topological polar surface area (TPSA) is 71.0 Å². The molecule has 1 fully saturated rings. The molecule has 0 aliphatic carbocycles. The molecular formula is C16H21N5OS. The molecule has 122 valence electrons. The molecule has 1 atom stereocenters. The molecule has 23 heavy (non-hydrogen) atoms. The van der Waals surface area contributed by atoms with Crippen molar-refractivity contribution in [3.05, 3.63) is 29.0 Å². The van der Waals surface area contributed by atoms with E-state index in [1.165, 1.54) is 17.8 Å². The number of aromatic nitrogens is 3. The second-order valence-electron chi connectivity index (χ2n) is 5.64. The van der Waals surface area contributed by atoms with Crippen molar-refractivity contribution in [2.24, 2.45) is 0 Å². The molecule has 3 rings (SSSR count). The van der Waals surface area contributed by atoms with Crippen molar-refractivity contribution in [3.8, 4) is 10.8 Å². The number of carbonyl (C=O) groups excluding carboxylic acids is 1. The summed E-state index contributed by atoms with van der Waals surface area (Å²) in [5.74, 6) is 0.512. The molecule has 6 nitrogen and oxygen atoms in total. The normalized spacial score (nSPS) is 18.3. The Morgan fingerprint density at radius 1 is 1.43 bits per heavy atom. The minimum absolute atomic E-state index is 0.0508. The first kappa shape index (κ1) is 16.0. The highest BCUT2D eigenvalue weighted by Crippen LogP contribution is 2.25. The van der Waals surface area contributed by atoms with E-state index in [9.17, 15) is 4.79 Å². The van der Waals surface area contributed by atoms with Crippen LogP contribution in [0.15, 0.2) is 18.5 Å². The van der Waals surface area contributed by atoms with Crippen LogP contribution in [-0.4, -0.2) is 51.4 Å². The zero-order chi connectivity index (χ0) is 16.2. The Kier molecular flexibility index (Phi) is 4.97. The number of nitrogens with zero attached hydrogens (tertiary/aromatic N) is 4. The van der Waals surface area contributed by atoms with E-state index in [0.717, 1.165) is 25.2 Å². The van der Waals surface area contributed by atoms with Gasteiger partial charge in [-0.3, -0.25) is 9.69 Å². The quantitative estimate of drug-likeness (QED) is 0.909. The fourth-order valence-corrected chi connectivity index (χ4v) is 3.88. The van der Waals surface area contributed by atoms with Gasteiger partial charge >= 0.3 is 0 Å². The fraction of sp³-hybridized carbons (Fsp3) is 0.500. The third-order valence-corrected chi connectivity index (χ3v) is 5.32. The molecule has 0 bridgehead atoms. The summed E-state index contributed by atoms with van der Waals surface area (Å²) in [5.41, 5.74) is 0.730. The third-order valence-electron chi connectivity index (χ3n) is 4.16. The number of rotatable bonds is 5. The van der Waals surface area contributed by atoms with Gasteiger partial charge in [-0.05, 0) is 38.9 Å². The lowest BCUT2D eigenvalue weighted by molar-refractivity contribution is 0.0944. The van der Waals surface area contributed by atoms with Gasteiger partial charge in [0.2, 0.25) is 0 Å². The average Bonchev–Trinajstić information content (AvgIpc) is 3.19. The molecule has 1 aliphatic rings. The van der Waals surface area contributed by atoms with Crippen LogP contribution in [0.2, 0.25) is 0 Å². The van der Waals surface area contributed by atoms with Gasteiger partial charge in [0.1, 0.15) is 4.88 Å². The summed E-state index contributed by atoms with van der Waals surface area (Å²) in [5, 5.41) is 3.74. The van der Waals surface area contributed by atoms with Crippen LogP contribution in [-0.2, 0) is 0 Å². The summed E-state index contributed by atoms with van der Waals surface area (Å²) in [6, 6.07) is 2.22. The van der Waals surface area contributed by atoms with Crippen LogP contribution in [0.3, 0.4) is 0 Å². The predicted octanol–water partition coefficient (Wildman–Crippen LogP) is 2.12. The highest BCUT2D eigenvalue weighted by atomic mass is 32.1. The molecule has 0 aromatic carbocycles. The number of likely N-dealkylation sites (N-methyl/N-ethyl adjacent to an activating group) is 1. The summed E-state index contributed by atoms with van der Waals surface area (Å²) in [6.45, 7) is 6.88. The van der Waals surface area contributed by atoms with Gasteiger partial charge in [-0.15, -0.1) is 11.3 Å². The van der Waals surface area contributed by atoms with Crippen LogP contribution in [0.25, 0.3) is 10.8 Å². The van der Waals surface area contributed by atoms with E-state index in [4.69, 9.17) is 0 Å². The summed E-state index contributed by atoms with van der Waals surface area (Å²) < 4.78 is 0. The van der Waals surface area contributed by atoms with E-state index in [1.54, 1.807) is 18.5 Å². The van der Waals surface area contributed by atoms with Crippen molar-refractivity contribution < 1.29 is 4.79 Å². The van der Waals surface area contributed by atoms with Crippen molar-refractivity contribution in [2.75, 3.05) is 19.6 Å². The lowest BCUT2D eigenvalue weighted by Crippen LogP contribution is -2.39. The van der Waals surface area contributed by atoms with Crippen LogP contribution < -0.4 is 5.32 Å². The molecule has 1 N–H and O–H groups in total. The Labute approximate surface area is 140 Å². The van der Waals surface area contributed by atoms with Gasteiger partial charge in [0, 0.05) is 25.0 Å². The molecule has 7 heteroatoms. The van der Waals surface area contributed by atoms with Gasteiger partial charge < -0.3 is 5.32 Å². The highest BCUT2D eigenvalue weighted by Gasteiger charge is 2.24. The molecule has 1 saturated heterocycles. The Bertz CT molecular complexity index is 672. The van der Waals surface area contributed by atoms with Crippen LogP contribution in [0.5, 0.6) is 0 Å². The number of aryl methyl sites for hydroxylation is 1. The molecular weight excluding hydrogens is 310 g/mol. The Hall–Kier alpha value is -1.86. The molecule has 3 heterocycles. The molecule has 0 spiro atoms. The van der Waals surface area contributed by atoms with Crippen LogP contribution in [0, 0.1) is 6.92 Å². The molecule has 2 aromatic heterocycles. The third kappa shape index (κ3) is 3.56. The van der Waals surface area contributed by atoms with Gasteiger partial charge in [-0.2, -0.15) is 0 Å². The first-order valence-electron chi connectivity index (χ1n) is 7.96. The number of nitrogens with one attached hydrogen (secondary N) is 1. The number of amides is 1. The van der Waals surface area contributed by atoms with Crippen molar-refractivity contribution in [1.82, 2.24) is 25.2 Å². The van der Waals surface area contributed by atoms with Crippen LogP contribution in [0.4, 0.5) is 0 Å². The second kappa shape index (κ2) is 7.14. The van der Waals surface area contributed by atoms with E-state index < -0.39 is 0 Å². The minimum Gasteiger partial charge on any atom is -0.350 e. The maximum absolute atomic E-state index is 12.5. The highest BCUT2D eigenvalue weighted by molar-refractivity contribution is 7.17. The lowest BCUT2D eigenvalue weighted by Gasteiger charge is -2.22. The van der Waals surface area contributed by atoms with E-state index in [1.807, 2.05) is 6.92 Å². The minimum atomic E-state index is -0.0508. The Balaban J connectivity index is 1.67. The summed E-state index contributed by atoms with van der Waals surface area (Å²) in [4.78, 5) is 28.3. The van der Waals surface area contributed by atoms with Gasteiger partial charge in [0.05, 0.1) is 5.69 Å². The zero-order valence-electron chi connectivity index (χ0n) is 13.5. The Morgan fingerprint density at radius 2 is 2.22 bits per heavy atom. The van der Waals surface area contributed by atoms with Gasteiger partial charge in [-0.25, -0.2) is 15.0 Å². The SMILES string of the molecule is CCN1CCC[C@@H]1CNC(=O)c1sc(-c2ncccn2)nc1C. The smallest absolute Gasteiger partial charge is 0.263 e. The molecule has 2 aromatic rings. The van der Waals surface area contributed by atoms with Crippen molar-refractivity contribution in [3.63, 3.8) is 0 Å². The van der Waals surface area contributed by atoms with E-state index in [2.05, 4.69) is 32.1 Å². The monoisotopic (exact) mass is 331 g/mol. The van der Waals surface area contributed by atoms with Gasteiger partial charge in [0.25, 0.3) is 5.91 Å². The van der Waals surface area contributed by atoms with E-state index >= 15 is 0 Å². The summed E-state index contributed by atoms with van der Waals surface area (Å²) in [6.07, 6.45) is 5.72. The lowest BCUT2D eigenvalue weighted by atomic mass is 10.2. The fourth-order valence-electron chi connectivity index (χ4n) is 2.95. The van der Waals surface area contributed by atoms with Crippen LogP contribution in [0.1, 0.15) is 35.1 Å². The van der Waals surface area contributed by atoms with Gasteiger partial charge in [-0.1, -0.05) is 6.92 Å². The predicted molar refractivity (Wildman–Crippen MR) is 90.5 cm³/mol. The molecule has 0 saturated carbocycles. The number of hydrogen-bond acceptors (Lipinski definition) is 6. The van der Waals surface area contributed by atoms with Crippen molar-refractivity contribution in [2.45, 2.75) is 32.7 Å². The molecule has 1 amide bonds. The molecule has 0 radical (unpaired) electrons. The molecule has 1 aliphatic heterocycles. The number of likely N-dealkylation sites (tertiary alicyclic amines) is 1.